The van der Waals surface area contributed by atoms with Crippen molar-refractivity contribution in [2.24, 2.45) is 7.05 Å². The van der Waals surface area contributed by atoms with Crippen molar-refractivity contribution in [3.8, 4) is 11.4 Å². The molecule has 0 fully saturated rings. The molecular weight excluding hydrogens is 564 g/mol. The first-order valence-electron chi connectivity index (χ1n) is 13.0. The molecule has 16 heteroatoms. The van der Waals surface area contributed by atoms with Crippen LogP contribution < -0.4 is 27.9 Å². The van der Waals surface area contributed by atoms with E-state index in [0.29, 0.717) is 40.9 Å². The number of fused-ring (bicyclic) bond motifs is 3. The van der Waals surface area contributed by atoms with Gasteiger partial charge < -0.3 is 15.1 Å². The molecule has 0 radical (unpaired) electrons. The van der Waals surface area contributed by atoms with Gasteiger partial charge in [-0.15, -0.1) is 0 Å². The van der Waals surface area contributed by atoms with E-state index in [0.717, 1.165) is 15.5 Å². The number of hydrogen-bond donors (Lipinski definition) is 3. The minimum Gasteiger partial charge on any atom is -0.408 e. The van der Waals surface area contributed by atoms with Crippen LogP contribution in [-0.2, 0) is 20.0 Å². The summed E-state index contributed by atoms with van der Waals surface area (Å²) in [6.45, 7) is 0.0806. The lowest BCUT2D eigenvalue weighted by Gasteiger charge is -2.15. The van der Waals surface area contributed by atoms with Gasteiger partial charge in [-0.2, -0.15) is 0 Å². The van der Waals surface area contributed by atoms with Crippen LogP contribution in [0.1, 0.15) is 50.1 Å². The molecule has 2 amide bonds. The highest BCUT2D eigenvalue weighted by Gasteiger charge is 2.28. The topological polar surface area (TPSA) is 213 Å². The van der Waals surface area contributed by atoms with Crippen LogP contribution in [-0.4, -0.2) is 41.1 Å². The van der Waals surface area contributed by atoms with Crippen molar-refractivity contribution in [2.75, 3.05) is 0 Å². The molecule has 1 aliphatic rings. The molecule has 7 rings (SSSR count). The van der Waals surface area contributed by atoms with Crippen LogP contribution in [0.4, 0.5) is 0 Å². The van der Waals surface area contributed by atoms with E-state index in [1.807, 2.05) is 12.1 Å². The highest BCUT2D eigenvalue weighted by atomic mass is 16.5. The second kappa shape index (κ2) is 9.79. The van der Waals surface area contributed by atoms with Gasteiger partial charge in [-0.05, 0) is 59.0 Å². The molecule has 4 heterocycles. The molecule has 0 bridgehead atoms. The van der Waals surface area contributed by atoms with E-state index in [9.17, 15) is 24.0 Å². The van der Waals surface area contributed by atoms with Gasteiger partial charge in [0, 0.05) is 19.2 Å². The van der Waals surface area contributed by atoms with E-state index in [1.54, 1.807) is 31.3 Å². The Bertz CT molecular complexity index is 2270. The average molecular weight is 585 g/mol. The van der Waals surface area contributed by atoms with E-state index in [2.05, 4.69) is 35.4 Å². The minimum atomic E-state index is -0.934. The number of aromatic nitrogens is 6. The maximum atomic E-state index is 13.5. The van der Waals surface area contributed by atoms with Crippen LogP contribution in [0.5, 0.6) is 0 Å². The number of amides is 2. The second-order valence-corrected chi connectivity index (χ2v) is 9.94. The third-order valence-electron chi connectivity index (χ3n) is 7.34. The lowest BCUT2D eigenvalue weighted by Crippen LogP contribution is -2.32. The van der Waals surface area contributed by atoms with Crippen molar-refractivity contribution >= 4 is 28.7 Å². The molecule has 4 aromatic heterocycles. The Balaban J connectivity index is 1.13. The molecule has 216 valence electrons. The number of nitrogens with one attached hydrogen (secondary N) is 3. The Morgan fingerprint density at radius 2 is 1.88 bits per heavy atom. The van der Waals surface area contributed by atoms with Gasteiger partial charge in [0.1, 0.15) is 11.4 Å². The lowest BCUT2D eigenvalue weighted by molar-refractivity contribution is 0.0929. The summed E-state index contributed by atoms with van der Waals surface area (Å²) in [4.78, 5) is 68.6. The third-order valence-corrected chi connectivity index (χ3v) is 7.34. The summed E-state index contributed by atoms with van der Waals surface area (Å²) >= 11 is 0. The summed E-state index contributed by atoms with van der Waals surface area (Å²) in [7, 11) is 1.57. The average Bonchev–Trinajstić information content (AvgIpc) is 3.78. The number of carbonyl (C=O) groups is 2. The molecule has 0 aliphatic heterocycles. The predicted molar refractivity (Wildman–Crippen MR) is 145 cm³/mol. The van der Waals surface area contributed by atoms with Crippen molar-refractivity contribution in [3.63, 3.8) is 0 Å². The highest BCUT2D eigenvalue weighted by molar-refractivity contribution is 5.98. The number of nitrogens with zero attached hydrogens (tertiary/aromatic N) is 5. The predicted octanol–water partition coefficient (Wildman–Crippen LogP) is 0.818. The maximum Gasteiger partial charge on any atom is 0.448 e. The normalized spacial score (nSPS) is 14.3. The number of oxazole rings is 1. The van der Waals surface area contributed by atoms with Crippen LogP contribution in [0.15, 0.2) is 70.3 Å². The smallest absolute Gasteiger partial charge is 0.408 e. The zero-order valence-electron chi connectivity index (χ0n) is 22.2. The van der Waals surface area contributed by atoms with Gasteiger partial charge in [-0.1, -0.05) is 23.4 Å². The molecule has 0 spiro atoms. The fourth-order valence-corrected chi connectivity index (χ4v) is 5.19. The maximum absolute atomic E-state index is 13.5. The van der Waals surface area contributed by atoms with Gasteiger partial charge in [-0.25, -0.2) is 23.8 Å². The highest BCUT2D eigenvalue weighted by Crippen LogP contribution is 2.33. The molecule has 16 nitrogen and oxygen atoms in total. The van der Waals surface area contributed by atoms with E-state index in [-0.39, 0.29) is 23.7 Å². The van der Waals surface area contributed by atoms with Crippen molar-refractivity contribution in [3.05, 3.63) is 102 Å². The number of aryl methyl sites for hydroxylation is 2. The van der Waals surface area contributed by atoms with Crippen molar-refractivity contribution in [1.29, 1.82) is 0 Å². The Morgan fingerprint density at radius 3 is 2.70 bits per heavy atom. The number of hydrogen-bond acceptors (Lipinski definition) is 11. The van der Waals surface area contributed by atoms with E-state index in [4.69, 9.17) is 8.94 Å². The van der Waals surface area contributed by atoms with E-state index >= 15 is 0 Å². The van der Waals surface area contributed by atoms with Crippen LogP contribution in [0.2, 0.25) is 0 Å². The first-order valence-corrected chi connectivity index (χ1v) is 13.0. The molecule has 43 heavy (non-hydrogen) atoms. The molecule has 1 atom stereocenters. The van der Waals surface area contributed by atoms with E-state index < -0.39 is 35.1 Å². The Morgan fingerprint density at radius 1 is 1.02 bits per heavy atom. The largest absolute Gasteiger partial charge is 0.448 e. The quantitative estimate of drug-likeness (QED) is 0.249. The third kappa shape index (κ3) is 4.50. The molecule has 6 aromatic rings. The van der Waals surface area contributed by atoms with Crippen LogP contribution in [0.3, 0.4) is 0 Å². The van der Waals surface area contributed by atoms with Gasteiger partial charge in [0.05, 0.1) is 11.6 Å². The van der Waals surface area contributed by atoms with Crippen LogP contribution >= 0.6 is 0 Å². The van der Waals surface area contributed by atoms with Crippen molar-refractivity contribution < 1.29 is 23.1 Å². The first-order chi connectivity index (χ1) is 20.7. The molecule has 3 N–H and O–H groups in total. The van der Waals surface area contributed by atoms with Gasteiger partial charge in [0.2, 0.25) is 0 Å². The number of benzene rings is 2. The van der Waals surface area contributed by atoms with E-state index in [1.165, 1.54) is 10.6 Å². The molecule has 0 unspecified atom stereocenters. The summed E-state index contributed by atoms with van der Waals surface area (Å²) in [6.07, 6.45) is 1.22. The summed E-state index contributed by atoms with van der Waals surface area (Å²) < 4.78 is 16.7. The molecule has 2 aromatic carbocycles. The van der Waals surface area contributed by atoms with Crippen molar-refractivity contribution in [1.82, 2.24) is 39.9 Å². The van der Waals surface area contributed by atoms with Gasteiger partial charge in [0.25, 0.3) is 17.6 Å². The monoisotopic (exact) mass is 584 g/mol. The zero-order valence-corrected chi connectivity index (χ0v) is 22.2. The minimum absolute atomic E-state index is 0.0806. The fraction of sp³-hybridized carbons (Fsp3) is 0.185. The molecule has 1 aliphatic carbocycles. The fourth-order valence-electron chi connectivity index (χ4n) is 5.19. The molecule has 0 saturated heterocycles. The standard InChI is InChI=1S/C27H20N8O8/c1-34-18-8-12(2-7-20(18)41-26(34)39)11-28-22(36)17-10-19(35-24(30-17)33-43-27(35)40)23(37)29-16-6-4-13-9-14(3-5-15(13)16)21-31-25(38)42-32-21/h2-3,5,7-10,16H,4,6,11H2,1H3,(H,28,36)(H,29,37)(H,31,32,38)/t16-/m0/s1. The molecule has 0 saturated carbocycles. The van der Waals surface area contributed by atoms with Gasteiger partial charge in [-0.3, -0.25) is 28.2 Å². The van der Waals surface area contributed by atoms with Crippen LogP contribution in [0.25, 0.3) is 28.3 Å². The van der Waals surface area contributed by atoms with Gasteiger partial charge >= 0.3 is 17.3 Å². The zero-order chi connectivity index (χ0) is 29.8. The number of aromatic amines is 1. The van der Waals surface area contributed by atoms with Gasteiger partial charge in [0.15, 0.2) is 11.4 Å². The van der Waals surface area contributed by atoms with Crippen LogP contribution in [0, 0.1) is 0 Å². The first kappa shape index (κ1) is 25.9. The Labute approximate surface area is 237 Å². The van der Waals surface area contributed by atoms with Crippen molar-refractivity contribution in [2.45, 2.75) is 25.4 Å². The Hall–Kier alpha value is -6.06. The second-order valence-electron chi connectivity index (χ2n) is 9.94. The summed E-state index contributed by atoms with van der Waals surface area (Å²) in [5, 5.41) is 12.9. The number of rotatable bonds is 6. The summed E-state index contributed by atoms with van der Waals surface area (Å²) in [5.74, 6) is -3.32. The SMILES string of the molecule is Cn1c(=O)oc2ccc(CNC(=O)c3cc(C(=O)N[C@H]4CCc5cc(-c6noc(=O)[nH]6)ccc54)n4c(=O)onc4n3)cc21. The summed E-state index contributed by atoms with van der Waals surface area (Å²) in [6, 6.07) is 11.3. The number of carbonyl (C=O) groups excluding carboxylic acids is 2. The Kier molecular flexibility index (Phi) is 5.89. The number of H-pyrrole nitrogens is 1. The lowest BCUT2D eigenvalue weighted by atomic mass is 10.0. The summed E-state index contributed by atoms with van der Waals surface area (Å²) in [5.41, 5.74) is 3.79. The molecular formula is C27H20N8O8.